The SMILES string of the molecule is CSCCC(C)N(C)CCC(=O)Nc1ccc(Cl)cc1N. The minimum Gasteiger partial charge on any atom is -0.397 e. The van der Waals surface area contributed by atoms with Gasteiger partial charge in [-0.1, -0.05) is 11.6 Å². The van der Waals surface area contributed by atoms with Gasteiger partial charge in [-0.3, -0.25) is 4.79 Å². The summed E-state index contributed by atoms with van der Waals surface area (Å²) in [6.45, 7) is 2.92. The molecule has 0 aliphatic heterocycles. The highest BCUT2D eigenvalue weighted by Crippen LogP contribution is 2.22. The van der Waals surface area contributed by atoms with Gasteiger partial charge in [-0.25, -0.2) is 0 Å². The smallest absolute Gasteiger partial charge is 0.225 e. The van der Waals surface area contributed by atoms with E-state index in [-0.39, 0.29) is 5.91 Å². The summed E-state index contributed by atoms with van der Waals surface area (Å²) in [6.07, 6.45) is 3.68. The van der Waals surface area contributed by atoms with E-state index in [1.807, 2.05) is 11.8 Å². The van der Waals surface area contributed by atoms with Crippen LogP contribution in [0.4, 0.5) is 11.4 Å². The Hall–Kier alpha value is -0.910. The highest BCUT2D eigenvalue weighted by Gasteiger charge is 2.11. The zero-order chi connectivity index (χ0) is 15.8. The molecule has 0 saturated heterocycles. The summed E-state index contributed by atoms with van der Waals surface area (Å²) in [5, 5.41) is 3.38. The van der Waals surface area contributed by atoms with Gasteiger partial charge >= 0.3 is 0 Å². The van der Waals surface area contributed by atoms with E-state index < -0.39 is 0 Å². The molecule has 4 nitrogen and oxygen atoms in total. The molecule has 0 aliphatic carbocycles. The first-order valence-electron chi connectivity index (χ1n) is 6.98. The molecule has 0 aliphatic rings. The van der Waals surface area contributed by atoms with Crippen molar-refractivity contribution in [2.45, 2.75) is 25.8 Å². The van der Waals surface area contributed by atoms with Crippen molar-refractivity contribution in [1.29, 1.82) is 0 Å². The lowest BCUT2D eigenvalue weighted by molar-refractivity contribution is -0.116. The second-order valence-electron chi connectivity index (χ2n) is 5.14. The molecule has 0 saturated carbocycles. The lowest BCUT2D eigenvalue weighted by Gasteiger charge is -2.24. The maximum Gasteiger partial charge on any atom is 0.225 e. The Bertz CT molecular complexity index is 470. The van der Waals surface area contributed by atoms with Crippen LogP contribution in [0.2, 0.25) is 5.02 Å². The molecule has 1 rings (SSSR count). The maximum atomic E-state index is 12.0. The van der Waals surface area contributed by atoms with Gasteiger partial charge in [0.2, 0.25) is 5.91 Å². The Labute approximate surface area is 136 Å². The second kappa shape index (κ2) is 9.18. The average Bonchev–Trinajstić information content (AvgIpc) is 2.45. The fourth-order valence-corrected chi connectivity index (χ4v) is 2.62. The molecular weight excluding hydrogens is 306 g/mol. The maximum absolute atomic E-state index is 12.0. The van der Waals surface area contributed by atoms with Crippen molar-refractivity contribution in [3.63, 3.8) is 0 Å². The molecule has 0 aromatic heterocycles. The van der Waals surface area contributed by atoms with Crippen LogP contribution in [0, 0.1) is 0 Å². The number of nitrogens with one attached hydrogen (secondary N) is 1. The lowest BCUT2D eigenvalue weighted by Crippen LogP contribution is -2.32. The predicted molar refractivity (Wildman–Crippen MR) is 94.2 cm³/mol. The van der Waals surface area contributed by atoms with E-state index >= 15 is 0 Å². The molecule has 118 valence electrons. The van der Waals surface area contributed by atoms with Crippen LogP contribution in [0.15, 0.2) is 18.2 Å². The van der Waals surface area contributed by atoms with Crippen LogP contribution in [0.1, 0.15) is 19.8 Å². The molecule has 3 N–H and O–H groups in total. The Balaban J connectivity index is 2.40. The van der Waals surface area contributed by atoms with Crippen molar-refractivity contribution >= 4 is 40.6 Å². The molecule has 21 heavy (non-hydrogen) atoms. The molecule has 1 unspecified atom stereocenters. The molecule has 6 heteroatoms. The van der Waals surface area contributed by atoms with Crippen molar-refractivity contribution in [3.8, 4) is 0 Å². The summed E-state index contributed by atoms with van der Waals surface area (Å²) in [6, 6.07) is 5.55. The fourth-order valence-electron chi connectivity index (χ4n) is 1.87. The molecule has 0 radical (unpaired) electrons. The monoisotopic (exact) mass is 329 g/mol. The number of hydrogen-bond acceptors (Lipinski definition) is 4. The van der Waals surface area contributed by atoms with Gasteiger partial charge in [0, 0.05) is 24.0 Å². The summed E-state index contributed by atoms with van der Waals surface area (Å²) >= 11 is 7.68. The molecule has 0 bridgehead atoms. The quantitative estimate of drug-likeness (QED) is 0.718. The number of halogens is 1. The van der Waals surface area contributed by atoms with Crippen LogP contribution in [-0.2, 0) is 4.79 Å². The molecule has 1 atom stereocenters. The minimum atomic E-state index is -0.0343. The number of carbonyl (C=O) groups excluding carboxylic acids is 1. The number of nitrogens with zero attached hydrogens (tertiary/aromatic N) is 1. The standard InChI is InChI=1S/C15H24ClN3OS/c1-11(7-9-21-3)19(2)8-6-15(20)18-14-5-4-12(16)10-13(14)17/h4-5,10-11H,6-9,17H2,1-3H3,(H,18,20). The molecular formula is C15H24ClN3OS. The number of amides is 1. The van der Waals surface area contributed by atoms with Crippen molar-refractivity contribution in [3.05, 3.63) is 23.2 Å². The zero-order valence-electron chi connectivity index (χ0n) is 12.9. The number of nitrogen functional groups attached to an aromatic ring is 1. The van der Waals surface area contributed by atoms with Gasteiger partial charge in [0.05, 0.1) is 11.4 Å². The number of benzene rings is 1. The number of thioether (sulfide) groups is 1. The Morgan fingerprint density at radius 2 is 2.24 bits per heavy atom. The first-order valence-corrected chi connectivity index (χ1v) is 8.75. The average molecular weight is 330 g/mol. The zero-order valence-corrected chi connectivity index (χ0v) is 14.4. The molecule has 0 heterocycles. The third-order valence-electron chi connectivity index (χ3n) is 3.47. The van der Waals surface area contributed by atoms with E-state index in [0.29, 0.717) is 28.9 Å². The van der Waals surface area contributed by atoms with E-state index in [2.05, 4.69) is 30.4 Å². The van der Waals surface area contributed by atoms with E-state index in [1.54, 1.807) is 18.2 Å². The van der Waals surface area contributed by atoms with Gasteiger partial charge in [0.25, 0.3) is 0 Å². The van der Waals surface area contributed by atoms with Gasteiger partial charge in [-0.2, -0.15) is 11.8 Å². The third kappa shape index (κ3) is 6.59. The first-order chi connectivity index (χ1) is 9.93. The van der Waals surface area contributed by atoms with Gasteiger partial charge in [-0.15, -0.1) is 0 Å². The van der Waals surface area contributed by atoms with E-state index in [9.17, 15) is 4.79 Å². The van der Waals surface area contributed by atoms with E-state index in [0.717, 1.165) is 18.7 Å². The fraction of sp³-hybridized carbons (Fsp3) is 0.533. The largest absolute Gasteiger partial charge is 0.397 e. The van der Waals surface area contributed by atoms with E-state index in [4.69, 9.17) is 17.3 Å². The highest BCUT2D eigenvalue weighted by molar-refractivity contribution is 7.98. The Morgan fingerprint density at radius 1 is 1.52 bits per heavy atom. The Kier molecular flexibility index (Phi) is 7.93. The summed E-state index contributed by atoms with van der Waals surface area (Å²) in [4.78, 5) is 14.2. The summed E-state index contributed by atoms with van der Waals surface area (Å²) in [5.41, 5.74) is 6.91. The van der Waals surface area contributed by atoms with Crippen molar-refractivity contribution in [2.75, 3.05) is 36.7 Å². The number of carbonyl (C=O) groups is 1. The highest BCUT2D eigenvalue weighted by atomic mass is 35.5. The predicted octanol–water partition coefficient (Wildman–Crippen LogP) is 3.32. The van der Waals surface area contributed by atoms with Crippen molar-refractivity contribution in [2.24, 2.45) is 0 Å². The van der Waals surface area contributed by atoms with Crippen LogP contribution in [0.5, 0.6) is 0 Å². The minimum absolute atomic E-state index is 0.0343. The van der Waals surface area contributed by atoms with Crippen LogP contribution < -0.4 is 11.1 Å². The molecule has 1 aromatic rings. The van der Waals surface area contributed by atoms with Gasteiger partial charge in [0.15, 0.2) is 0 Å². The first kappa shape index (κ1) is 18.1. The summed E-state index contributed by atoms with van der Waals surface area (Å²) < 4.78 is 0. The van der Waals surface area contributed by atoms with Crippen molar-refractivity contribution < 1.29 is 4.79 Å². The normalized spacial score (nSPS) is 12.4. The molecule has 1 aromatic carbocycles. The van der Waals surface area contributed by atoms with E-state index in [1.165, 1.54) is 0 Å². The molecule has 0 spiro atoms. The number of nitrogens with two attached hydrogens (primary N) is 1. The summed E-state index contributed by atoms with van der Waals surface area (Å²) in [5.74, 6) is 1.10. The van der Waals surface area contributed by atoms with Crippen LogP contribution in [0.25, 0.3) is 0 Å². The topological polar surface area (TPSA) is 58.4 Å². The molecule has 0 fully saturated rings. The second-order valence-corrected chi connectivity index (χ2v) is 6.56. The van der Waals surface area contributed by atoms with Gasteiger partial charge < -0.3 is 16.0 Å². The van der Waals surface area contributed by atoms with Crippen LogP contribution in [-0.4, -0.2) is 42.4 Å². The summed E-state index contributed by atoms with van der Waals surface area (Å²) in [7, 11) is 2.05. The van der Waals surface area contributed by atoms with Gasteiger partial charge in [0.1, 0.15) is 0 Å². The van der Waals surface area contributed by atoms with Crippen LogP contribution in [0.3, 0.4) is 0 Å². The number of hydrogen-bond donors (Lipinski definition) is 2. The van der Waals surface area contributed by atoms with Crippen LogP contribution >= 0.6 is 23.4 Å². The lowest BCUT2D eigenvalue weighted by atomic mass is 10.2. The number of anilines is 2. The number of rotatable bonds is 8. The molecule has 1 amide bonds. The van der Waals surface area contributed by atoms with Crippen molar-refractivity contribution in [1.82, 2.24) is 4.90 Å². The third-order valence-corrected chi connectivity index (χ3v) is 4.35. The van der Waals surface area contributed by atoms with Gasteiger partial charge in [-0.05, 0) is 50.6 Å². The Morgan fingerprint density at radius 3 is 2.86 bits per heavy atom.